The first-order chi connectivity index (χ1) is 10.6. The van der Waals surface area contributed by atoms with Crippen molar-refractivity contribution in [2.24, 2.45) is 5.73 Å². The van der Waals surface area contributed by atoms with E-state index in [1.807, 2.05) is 36.4 Å². The number of para-hydroxylation sites is 1. The second-order valence-corrected chi connectivity index (χ2v) is 5.18. The van der Waals surface area contributed by atoms with Gasteiger partial charge in [0.2, 0.25) is 5.91 Å². The summed E-state index contributed by atoms with van der Waals surface area (Å²) in [7, 11) is 0. The zero-order valence-corrected chi connectivity index (χ0v) is 12.7. The van der Waals surface area contributed by atoms with Crippen LogP contribution < -0.4 is 11.1 Å². The number of amides is 3. The highest BCUT2D eigenvalue weighted by molar-refractivity contribution is 7.78. The SMILES string of the molecule is NC(=O)C(Cc1ccccc1)N(S)C(=O)Nc1ccccc1. The number of hydrogen-bond donors (Lipinski definition) is 3. The minimum Gasteiger partial charge on any atom is -0.368 e. The van der Waals surface area contributed by atoms with Crippen LogP contribution in [0.4, 0.5) is 10.5 Å². The van der Waals surface area contributed by atoms with Gasteiger partial charge in [0.25, 0.3) is 0 Å². The molecule has 0 aliphatic heterocycles. The van der Waals surface area contributed by atoms with Gasteiger partial charge in [0.1, 0.15) is 6.04 Å². The van der Waals surface area contributed by atoms with Gasteiger partial charge in [-0.2, -0.15) is 0 Å². The third-order valence-electron chi connectivity index (χ3n) is 3.13. The number of hydrogen-bond acceptors (Lipinski definition) is 3. The van der Waals surface area contributed by atoms with E-state index in [9.17, 15) is 9.59 Å². The van der Waals surface area contributed by atoms with Crippen LogP contribution in [0.2, 0.25) is 0 Å². The number of nitrogens with zero attached hydrogens (tertiary/aromatic N) is 1. The van der Waals surface area contributed by atoms with E-state index in [4.69, 9.17) is 5.73 Å². The van der Waals surface area contributed by atoms with Crippen LogP contribution in [0.25, 0.3) is 0 Å². The Kier molecular flexibility index (Phi) is 5.43. The molecule has 22 heavy (non-hydrogen) atoms. The predicted molar refractivity (Wildman–Crippen MR) is 89.4 cm³/mol. The highest BCUT2D eigenvalue weighted by Gasteiger charge is 2.26. The Morgan fingerprint density at radius 3 is 2.14 bits per heavy atom. The van der Waals surface area contributed by atoms with E-state index >= 15 is 0 Å². The summed E-state index contributed by atoms with van der Waals surface area (Å²) in [6.07, 6.45) is 0.307. The molecule has 3 N–H and O–H groups in total. The lowest BCUT2D eigenvalue weighted by atomic mass is 10.1. The van der Waals surface area contributed by atoms with E-state index in [1.54, 1.807) is 24.3 Å². The number of carbonyl (C=O) groups excluding carboxylic acids is 2. The number of carbonyl (C=O) groups is 2. The average molecular weight is 315 g/mol. The molecule has 0 aliphatic carbocycles. The fraction of sp³-hybridized carbons (Fsp3) is 0.125. The van der Waals surface area contributed by atoms with Gasteiger partial charge < -0.3 is 11.1 Å². The van der Waals surface area contributed by atoms with Crippen LogP contribution in [0, 0.1) is 0 Å². The van der Waals surface area contributed by atoms with Crippen molar-refractivity contribution in [3.8, 4) is 0 Å². The quantitative estimate of drug-likeness (QED) is 0.741. The summed E-state index contributed by atoms with van der Waals surface area (Å²) in [5.74, 6) is -0.609. The molecular weight excluding hydrogens is 298 g/mol. The van der Waals surface area contributed by atoms with Crippen molar-refractivity contribution in [1.82, 2.24) is 4.31 Å². The van der Waals surface area contributed by atoms with Crippen LogP contribution >= 0.6 is 12.8 Å². The van der Waals surface area contributed by atoms with E-state index in [0.717, 1.165) is 9.87 Å². The number of nitrogens with two attached hydrogens (primary N) is 1. The van der Waals surface area contributed by atoms with Gasteiger partial charge in [0, 0.05) is 12.1 Å². The Hall–Kier alpha value is -2.47. The molecule has 1 unspecified atom stereocenters. The zero-order valence-electron chi connectivity index (χ0n) is 11.8. The van der Waals surface area contributed by atoms with Gasteiger partial charge in [0.05, 0.1) is 0 Å². The first-order valence-electron chi connectivity index (χ1n) is 6.75. The molecule has 3 amide bonds. The first kappa shape index (κ1) is 15.9. The van der Waals surface area contributed by atoms with Crippen molar-refractivity contribution in [3.05, 3.63) is 66.2 Å². The molecule has 0 aliphatic rings. The first-order valence-corrected chi connectivity index (χ1v) is 7.15. The van der Waals surface area contributed by atoms with Crippen molar-refractivity contribution in [1.29, 1.82) is 0 Å². The molecule has 2 aromatic rings. The molecule has 0 heterocycles. The molecule has 0 fully saturated rings. The molecule has 0 saturated carbocycles. The lowest BCUT2D eigenvalue weighted by Crippen LogP contribution is -2.45. The Morgan fingerprint density at radius 1 is 1.05 bits per heavy atom. The molecule has 0 aromatic heterocycles. The van der Waals surface area contributed by atoms with E-state index in [1.165, 1.54) is 0 Å². The smallest absolute Gasteiger partial charge is 0.332 e. The van der Waals surface area contributed by atoms with E-state index in [-0.39, 0.29) is 0 Å². The fourth-order valence-corrected chi connectivity index (χ4v) is 2.23. The number of anilines is 1. The minimum absolute atomic E-state index is 0.307. The van der Waals surface area contributed by atoms with Crippen molar-refractivity contribution in [2.75, 3.05) is 5.32 Å². The maximum Gasteiger partial charge on any atom is 0.332 e. The van der Waals surface area contributed by atoms with Crippen molar-refractivity contribution in [3.63, 3.8) is 0 Å². The zero-order chi connectivity index (χ0) is 15.9. The van der Waals surface area contributed by atoms with Crippen LogP contribution in [0.1, 0.15) is 5.56 Å². The van der Waals surface area contributed by atoms with Gasteiger partial charge in [-0.15, -0.1) is 0 Å². The highest BCUT2D eigenvalue weighted by atomic mass is 32.1. The Bertz CT molecular complexity index is 634. The third-order valence-corrected chi connectivity index (χ3v) is 3.59. The van der Waals surface area contributed by atoms with Crippen LogP contribution in [0.5, 0.6) is 0 Å². The van der Waals surface area contributed by atoms with Gasteiger partial charge >= 0.3 is 6.03 Å². The normalized spacial score (nSPS) is 11.5. The summed E-state index contributed by atoms with van der Waals surface area (Å²) in [5, 5.41) is 2.67. The molecule has 0 saturated heterocycles. The van der Waals surface area contributed by atoms with Crippen LogP contribution in [0.15, 0.2) is 60.7 Å². The molecular formula is C16H17N3O2S. The lowest BCUT2D eigenvalue weighted by Gasteiger charge is -2.24. The number of thiol groups is 1. The molecule has 5 nitrogen and oxygen atoms in total. The topological polar surface area (TPSA) is 75.4 Å². The molecule has 114 valence electrons. The average Bonchev–Trinajstić information content (AvgIpc) is 2.53. The molecule has 6 heteroatoms. The number of nitrogens with one attached hydrogen (secondary N) is 1. The van der Waals surface area contributed by atoms with Crippen molar-refractivity contribution in [2.45, 2.75) is 12.5 Å². The number of benzene rings is 2. The largest absolute Gasteiger partial charge is 0.368 e. The van der Waals surface area contributed by atoms with E-state index in [2.05, 4.69) is 18.1 Å². The highest BCUT2D eigenvalue weighted by Crippen LogP contribution is 2.14. The van der Waals surface area contributed by atoms with Gasteiger partial charge in [-0.1, -0.05) is 61.3 Å². The molecule has 0 bridgehead atoms. The molecule has 0 radical (unpaired) electrons. The summed E-state index contributed by atoms with van der Waals surface area (Å²) in [5.41, 5.74) is 6.93. The number of rotatable bonds is 5. The molecule has 1 atom stereocenters. The lowest BCUT2D eigenvalue weighted by molar-refractivity contribution is -0.120. The molecule has 2 rings (SSSR count). The maximum absolute atomic E-state index is 12.2. The third kappa shape index (κ3) is 4.26. The van der Waals surface area contributed by atoms with Crippen LogP contribution in [-0.4, -0.2) is 22.3 Å². The second-order valence-electron chi connectivity index (χ2n) is 4.75. The van der Waals surface area contributed by atoms with Gasteiger partial charge in [-0.05, 0) is 17.7 Å². The number of primary amides is 1. The van der Waals surface area contributed by atoms with Gasteiger partial charge in [0.15, 0.2) is 0 Å². The predicted octanol–water partition coefficient (Wildman–Crippen LogP) is 2.46. The summed E-state index contributed by atoms with van der Waals surface area (Å²) in [4.78, 5) is 23.8. The number of urea groups is 1. The van der Waals surface area contributed by atoms with Gasteiger partial charge in [-0.25, -0.2) is 4.79 Å². The summed E-state index contributed by atoms with van der Waals surface area (Å²) in [6.45, 7) is 0. The summed E-state index contributed by atoms with van der Waals surface area (Å²) in [6, 6.07) is 16.9. The monoisotopic (exact) mass is 315 g/mol. The molecule has 0 spiro atoms. The fourth-order valence-electron chi connectivity index (χ4n) is 1.99. The maximum atomic E-state index is 12.2. The van der Waals surface area contributed by atoms with Gasteiger partial charge in [-0.3, -0.25) is 9.10 Å². The van der Waals surface area contributed by atoms with Crippen LogP contribution in [-0.2, 0) is 11.2 Å². The summed E-state index contributed by atoms with van der Waals surface area (Å²) >= 11 is 4.14. The van der Waals surface area contributed by atoms with E-state index in [0.29, 0.717) is 12.1 Å². The Balaban J connectivity index is 2.07. The Morgan fingerprint density at radius 2 is 1.59 bits per heavy atom. The minimum atomic E-state index is -0.838. The van der Waals surface area contributed by atoms with E-state index < -0.39 is 18.0 Å². The van der Waals surface area contributed by atoms with Crippen LogP contribution in [0.3, 0.4) is 0 Å². The summed E-state index contributed by atoms with van der Waals surface area (Å²) < 4.78 is 1.03. The standard InChI is InChI=1S/C16H17N3O2S/c17-15(20)14(11-12-7-3-1-4-8-12)19(22)16(21)18-13-9-5-2-6-10-13/h1-10,14,22H,11H2,(H2,17,20)(H,18,21). The van der Waals surface area contributed by atoms with Crippen molar-refractivity contribution >= 4 is 30.4 Å². The Labute approximate surface area is 134 Å². The second kappa shape index (κ2) is 7.51. The molecule has 2 aromatic carbocycles. The van der Waals surface area contributed by atoms with Crippen molar-refractivity contribution < 1.29 is 9.59 Å².